The molecule has 1 nitrogen and oxygen atoms in total. The van der Waals surface area contributed by atoms with Crippen molar-refractivity contribution in [1.29, 1.82) is 0 Å². The van der Waals surface area contributed by atoms with Crippen LogP contribution < -0.4 is 0 Å². The molecule has 0 saturated heterocycles. The van der Waals surface area contributed by atoms with E-state index in [0.717, 1.165) is 0 Å². The summed E-state index contributed by atoms with van der Waals surface area (Å²) in [5.74, 6) is 0. The van der Waals surface area contributed by atoms with Crippen molar-refractivity contribution in [2.75, 3.05) is 0 Å². The van der Waals surface area contributed by atoms with E-state index >= 15 is 0 Å². The van der Waals surface area contributed by atoms with Gasteiger partial charge in [-0.3, -0.25) is 0 Å². The summed E-state index contributed by atoms with van der Waals surface area (Å²) in [5.41, 5.74) is 0. The van der Waals surface area contributed by atoms with Crippen LogP contribution in [0.25, 0.3) is 0 Å². The minimum absolute atomic E-state index is 0. The molecule has 8 heavy (non-hydrogen) atoms. The molecular weight excluding hydrogens is 317 g/mol. The average Bonchev–Trinajstić information content (AvgIpc) is 1.27. The van der Waals surface area contributed by atoms with Crippen molar-refractivity contribution >= 4 is 18.1 Å². The van der Waals surface area contributed by atoms with Crippen molar-refractivity contribution in [3.05, 3.63) is 0 Å². The molecule has 0 rings (SSSR count). The zero-order valence-corrected chi connectivity index (χ0v) is 10.2. The quantitative estimate of drug-likeness (QED) is 0.685. The topological polar surface area (TPSA) is 9.23 Å². The maximum atomic E-state index is 5.49. The molecule has 0 fully saturated rings. The third-order valence-electron chi connectivity index (χ3n) is 0.471. The second kappa shape index (κ2) is 6.26. The van der Waals surface area contributed by atoms with Crippen molar-refractivity contribution in [2.45, 2.75) is 26.2 Å². The Morgan fingerprint density at radius 3 is 1.62 bits per heavy atom. The molecule has 0 unspecified atom stereocenters. The molecule has 0 saturated carbocycles. The van der Waals surface area contributed by atoms with Gasteiger partial charge in [0.05, 0.1) is 0 Å². The van der Waals surface area contributed by atoms with Gasteiger partial charge in [-0.05, 0) is 26.2 Å². The summed E-state index contributed by atoms with van der Waals surface area (Å²) in [4.78, 5) is 0. The van der Waals surface area contributed by atoms with Crippen LogP contribution >= 0.6 is 0 Å². The van der Waals surface area contributed by atoms with Crippen LogP contribution in [-0.2, 0) is 26.5 Å². The monoisotopic (exact) mass is 331 g/mol. The van der Waals surface area contributed by atoms with E-state index in [4.69, 9.17) is 4.12 Å². The number of rotatable bonds is 2. The second-order valence-corrected chi connectivity index (χ2v) is 6.93. The fraction of sp³-hybridized carbons (Fsp3) is 1.00. The van der Waals surface area contributed by atoms with Gasteiger partial charge in [0.2, 0.25) is 0 Å². The van der Waals surface area contributed by atoms with E-state index in [0.29, 0.717) is 0 Å². The predicted octanol–water partition coefficient (Wildman–Crippen LogP) is 0.967. The first-order chi connectivity index (χ1) is 3.13. The molecule has 0 aromatic rings. The van der Waals surface area contributed by atoms with Gasteiger partial charge in [-0.1, -0.05) is 0 Å². The number of hydrogen-bond donors (Lipinski definition) is 0. The van der Waals surface area contributed by atoms with E-state index in [-0.39, 0.29) is 31.4 Å². The van der Waals surface area contributed by atoms with E-state index in [1.54, 1.807) is 0 Å². The zero-order chi connectivity index (χ0) is 5.86. The van der Waals surface area contributed by atoms with Crippen molar-refractivity contribution in [1.82, 2.24) is 0 Å². The number of hydrogen-bond acceptors (Lipinski definition) is 1. The van der Waals surface area contributed by atoms with Gasteiger partial charge in [0, 0.05) is 0 Å². The zero-order valence-electron chi connectivity index (χ0n) is 5.80. The second-order valence-electron chi connectivity index (χ2n) is 2.07. The molecule has 0 heterocycles. The van der Waals surface area contributed by atoms with Gasteiger partial charge in [-0.25, -0.2) is 0 Å². The van der Waals surface area contributed by atoms with Crippen molar-refractivity contribution in [3.63, 3.8) is 0 Å². The molecule has 0 aliphatic rings. The molecule has 0 aromatic heterocycles. The van der Waals surface area contributed by atoms with Crippen molar-refractivity contribution in [3.8, 4) is 0 Å². The summed E-state index contributed by atoms with van der Waals surface area (Å²) < 4.78 is 5.49. The Kier molecular flexibility index (Phi) is 9.29. The van der Waals surface area contributed by atoms with Crippen LogP contribution in [0.3, 0.4) is 0 Å². The van der Waals surface area contributed by atoms with Crippen molar-refractivity contribution in [2.24, 2.45) is 0 Å². The summed E-state index contributed by atoms with van der Waals surface area (Å²) in [7, 11) is -1.06. The first-order valence-electron chi connectivity index (χ1n) is 2.59. The fourth-order valence-corrected chi connectivity index (χ4v) is 4.24. The van der Waals surface area contributed by atoms with Crippen LogP contribution in [0, 0.1) is 0 Å². The Bertz CT molecular complexity index is 43.3. The Balaban J connectivity index is 0. The van der Waals surface area contributed by atoms with Gasteiger partial charge in [0.15, 0.2) is 18.1 Å². The van der Waals surface area contributed by atoms with Crippen LogP contribution in [0.4, 0.5) is 0 Å². The van der Waals surface area contributed by atoms with E-state index < -0.39 is 9.04 Å². The summed E-state index contributed by atoms with van der Waals surface area (Å²) >= 11 is 0. The Morgan fingerprint density at radius 2 is 1.62 bits per heavy atom. The molecule has 0 N–H and O–H groups in total. The Morgan fingerprint density at radius 1 is 1.25 bits per heavy atom. The molecule has 2 radical (unpaired) electrons. The molecule has 0 atom stereocenters. The summed E-state index contributed by atoms with van der Waals surface area (Å²) in [6.07, 6.45) is 0. The van der Waals surface area contributed by atoms with E-state index in [1.165, 1.54) is 0 Å². The van der Waals surface area contributed by atoms with E-state index in [9.17, 15) is 0 Å². The van der Waals surface area contributed by atoms with Gasteiger partial charge >= 0.3 is 22.4 Å². The first kappa shape index (κ1) is 11.9. The molecule has 0 aromatic carbocycles. The molecule has 0 aliphatic carbocycles. The van der Waals surface area contributed by atoms with E-state index in [2.05, 4.69) is 26.2 Å². The third kappa shape index (κ3) is 10.2. The SMILES string of the molecule is C[Si](C)O[SiH](C)C.[AuH]. The Labute approximate surface area is 70.8 Å². The molecule has 0 amide bonds. The van der Waals surface area contributed by atoms with Crippen LogP contribution in [0.1, 0.15) is 0 Å². The molecule has 4 heteroatoms. The standard InChI is InChI=1S/C4H13OSi2.Au.H/c1-6(2)5-7(3)4;;/h6H,1-4H3;;. The van der Waals surface area contributed by atoms with E-state index in [1.807, 2.05) is 0 Å². The molecule has 0 bridgehead atoms. The van der Waals surface area contributed by atoms with Gasteiger partial charge in [-0.15, -0.1) is 0 Å². The summed E-state index contributed by atoms with van der Waals surface area (Å²) in [6, 6.07) is 0. The van der Waals surface area contributed by atoms with Crippen LogP contribution in [-0.4, -0.2) is 18.1 Å². The summed E-state index contributed by atoms with van der Waals surface area (Å²) in [5, 5.41) is 0. The molecule has 0 spiro atoms. The predicted molar refractivity (Wildman–Crippen MR) is 38.8 cm³/mol. The third-order valence-corrected chi connectivity index (χ3v) is 4.24. The normalized spacial score (nSPS) is 9.75. The summed E-state index contributed by atoms with van der Waals surface area (Å²) in [6.45, 7) is 8.77. The van der Waals surface area contributed by atoms with Crippen molar-refractivity contribution < 1.29 is 26.5 Å². The molecular formula is C4H14AuOSi2. The minimum atomic E-state index is -0.683. The fourth-order valence-electron chi connectivity index (χ4n) is 0.471. The first-order valence-corrected chi connectivity index (χ1v) is 7.78. The average molecular weight is 331 g/mol. The van der Waals surface area contributed by atoms with Crippen LogP contribution in [0.15, 0.2) is 0 Å². The van der Waals surface area contributed by atoms with Gasteiger partial charge < -0.3 is 4.12 Å². The molecule has 55 valence electrons. The van der Waals surface area contributed by atoms with Crippen LogP contribution in [0.2, 0.25) is 26.2 Å². The Hall–Kier alpha value is 1.13. The maximum absolute atomic E-state index is 5.49. The van der Waals surface area contributed by atoms with Gasteiger partial charge in [-0.2, -0.15) is 0 Å². The van der Waals surface area contributed by atoms with Gasteiger partial charge in [0.25, 0.3) is 0 Å². The van der Waals surface area contributed by atoms with Crippen LogP contribution in [0.5, 0.6) is 0 Å². The molecule has 0 aliphatic heterocycles. The van der Waals surface area contributed by atoms with Gasteiger partial charge in [0.1, 0.15) is 0 Å².